The number of anilines is 1. The molecule has 0 bridgehead atoms. The summed E-state index contributed by atoms with van der Waals surface area (Å²) in [4.78, 5) is 24.9. The maximum atomic E-state index is 12.9. The fourth-order valence-corrected chi connectivity index (χ4v) is 4.05. The molecule has 1 aromatic heterocycles. The van der Waals surface area contributed by atoms with Crippen LogP contribution in [0, 0.1) is 15.5 Å². The lowest BCUT2D eigenvalue weighted by atomic mass is 10.1. The van der Waals surface area contributed by atoms with E-state index >= 15 is 0 Å². The Kier molecular flexibility index (Phi) is 4.48. The van der Waals surface area contributed by atoms with Gasteiger partial charge in [0.25, 0.3) is 11.6 Å². The van der Waals surface area contributed by atoms with Gasteiger partial charge in [-0.05, 0) is 48.2 Å². The predicted octanol–water partition coefficient (Wildman–Crippen LogP) is 4.64. The monoisotopic (exact) mass is 435 g/mol. The van der Waals surface area contributed by atoms with Crippen molar-refractivity contribution in [1.29, 1.82) is 5.41 Å². The Bertz CT molecular complexity index is 1260. The number of carbonyl (C=O) groups is 1. The van der Waals surface area contributed by atoms with Gasteiger partial charge in [-0.2, -0.15) is 0 Å². The first-order valence-electron chi connectivity index (χ1n) is 9.06. The van der Waals surface area contributed by atoms with E-state index in [1.807, 2.05) is 0 Å². The van der Waals surface area contributed by atoms with Crippen molar-refractivity contribution in [3.05, 3.63) is 75.4 Å². The van der Waals surface area contributed by atoms with E-state index in [9.17, 15) is 14.9 Å². The minimum atomic E-state index is -0.467. The molecule has 0 unspecified atom stereocenters. The summed E-state index contributed by atoms with van der Waals surface area (Å²) in [5, 5.41) is 19.1. The van der Waals surface area contributed by atoms with Crippen LogP contribution < -0.4 is 14.4 Å². The van der Waals surface area contributed by atoms with Crippen molar-refractivity contribution in [2.45, 2.75) is 0 Å². The highest BCUT2D eigenvalue weighted by molar-refractivity contribution is 8.19. The van der Waals surface area contributed by atoms with Gasteiger partial charge < -0.3 is 13.9 Å². The van der Waals surface area contributed by atoms with E-state index in [1.54, 1.807) is 48.5 Å². The molecule has 5 rings (SSSR count). The first-order valence-corrected chi connectivity index (χ1v) is 9.88. The third kappa shape index (κ3) is 3.42. The van der Waals surface area contributed by atoms with Crippen molar-refractivity contribution < 1.29 is 23.6 Å². The molecule has 2 aliphatic rings. The summed E-state index contributed by atoms with van der Waals surface area (Å²) in [6.07, 6.45) is 1.57. The van der Waals surface area contributed by atoms with Gasteiger partial charge in [0, 0.05) is 29.8 Å². The number of amides is 1. The molecule has 3 heterocycles. The minimum absolute atomic E-state index is 0.00674. The number of nitro groups is 1. The summed E-state index contributed by atoms with van der Waals surface area (Å²) in [7, 11) is 0. The van der Waals surface area contributed by atoms with E-state index in [2.05, 4.69) is 0 Å². The molecule has 0 radical (unpaired) electrons. The molecule has 2 aliphatic heterocycles. The summed E-state index contributed by atoms with van der Waals surface area (Å²) in [6, 6.07) is 14.5. The van der Waals surface area contributed by atoms with Crippen LogP contribution in [0.15, 0.2) is 63.9 Å². The number of rotatable bonds is 4. The average molecular weight is 435 g/mol. The minimum Gasteiger partial charge on any atom is -0.457 e. The van der Waals surface area contributed by atoms with Crippen molar-refractivity contribution in [2.24, 2.45) is 0 Å². The lowest BCUT2D eigenvalue weighted by Gasteiger charge is -2.14. The lowest BCUT2D eigenvalue weighted by molar-refractivity contribution is -0.384. The van der Waals surface area contributed by atoms with Gasteiger partial charge in [-0.3, -0.25) is 25.2 Å². The van der Waals surface area contributed by atoms with Crippen molar-refractivity contribution in [3.63, 3.8) is 0 Å². The molecule has 154 valence electrons. The number of thioether (sulfide) groups is 1. The first kappa shape index (κ1) is 18.9. The summed E-state index contributed by atoms with van der Waals surface area (Å²) >= 11 is 1.03. The van der Waals surface area contributed by atoms with Crippen LogP contribution in [0.3, 0.4) is 0 Å². The molecule has 0 atom stereocenters. The Balaban J connectivity index is 1.38. The molecule has 0 aliphatic carbocycles. The second-order valence-electron chi connectivity index (χ2n) is 6.60. The molecule has 9 nitrogen and oxygen atoms in total. The van der Waals surface area contributed by atoms with Crippen LogP contribution in [0.1, 0.15) is 5.76 Å². The van der Waals surface area contributed by atoms with E-state index in [0.29, 0.717) is 39.2 Å². The molecule has 1 N–H and O–H groups in total. The van der Waals surface area contributed by atoms with Crippen molar-refractivity contribution in [1.82, 2.24) is 0 Å². The van der Waals surface area contributed by atoms with Gasteiger partial charge in [0.1, 0.15) is 11.5 Å². The number of amidine groups is 1. The lowest BCUT2D eigenvalue weighted by Crippen LogP contribution is -2.28. The van der Waals surface area contributed by atoms with Gasteiger partial charge in [0.05, 0.1) is 15.5 Å². The number of benzene rings is 2. The molecule has 2 aromatic carbocycles. The molecule has 31 heavy (non-hydrogen) atoms. The second-order valence-corrected chi connectivity index (χ2v) is 7.63. The standard InChI is InChI=1S/C21H13N3O6S/c22-21-23(14-5-7-17-18(9-14)29-11-28-17)20(25)19(31-21)10-15-6-8-16(30-15)12-1-3-13(4-2-12)24(26)27/h1-10,22H,11H2/b19-10+,22-21?. The van der Waals surface area contributed by atoms with E-state index < -0.39 is 4.92 Å². The highest BCUT2D eigenvalue weighted by atomic mass is 32.2. The smallest absolute Gasteiger partial charge is 0.271 e. The van der Waals surface area contributed by atoms with Crippen LogP contribution in [-0.2, 0) is 4.79 Å². The number of hydrogen-bond acceptors (Lipinski definition) is 8. The third-order valence-corrected chi connectivity index (χ3v) is 5.59. The largest absolute Gasteiger partial charge is 0.457 e. The molecule has 3 aromatic rings. The van der Waals surface area contributed by atoms with Gasteiger partial charge >= 0.3 is 0 Å². The van der Waals surface area contributed by atoms with Crippen molar-refractivity contribution in [2.75, 3.05) is 11.7 Å². The highest BCUT2D eigenvalue weighted by Crippen LogP contribution is 2.40. The van der Waals surface area contributed by atoms with Crippen LogP contribution in [0.2, 0.25) is 0 Å². The number of hydrogen-bond donors (Lipinski definition) is 1. The summed E-state index contributed by atoms with van der Waals surface area (Å²) in [5.74, 6) is 1.73. The zero-order chi connectivity index (χ0) is 21.5. The van der Waals surface area contributed by atoms with Crippen LogP contribution in [-0.4, -0.2) is 22.8 Å². The van der Waals surface area contributed by atoms with E-state index in [1.165, 1.54) is 17.0 Å². The van der Waals surface area contributed by atoms with E-state index in [0.717, 1.165) is 11.8 Å². The van der Waals surface area contributed by atoms with Crippen LogP contribution in [0.5, 0.6) is 11.5 Å². The van der Waals surface area contributed by atoms with Gasteiger partial charge in [0.15, 0.2) is 16.7 Å². The van der Waals surface area contributed by atoms with Crippen LogP contribution >= 0.6 is 11.8 Å². The fraction of sp³-hybridized carbons (Fsp3) is 0.0476. The molecule has 10 heteroatoms. The second kappa shape index (κ2) is 7.33. The third-order valence-electron chi connectivity index (χ3n) is 4.70. The number of nitrogens with zero attached hydrogens (tertiary/aromatic N) is 2. The van der Waals surface area contributed by atoms with Gasteiger partial charge in [0.2, 0.25) is 6.79 Å². The Morgan fingerprint density at radius 1 is 1.06 bits per heavy atom. The summed E-state index contributed by atoms with van der Waals surface area (Å²) in [6.45, 7) is 0.125. The van der Waals surface area contributed by atoms with Crippen LogP contribution in [0.4, 0.5) is 11.4 Å². The number of furan rings is 1. The molecular formula is C21H13N3O6S. The van der Waals surface area contributed by atoms with Crippen molar-refractivity contribution in [3.8, 4) is 22.8 Å². The number of nitrogens with one attached hydrogen (secondary N) is 1. The molecule has 1 saturated heterocycles. The average Bonchev–Trinajstić information content (AvgIpc) is 3.48. The zero-order valence-corrected chi connectivity index (χ0v) is 16.5. The van der Waals surface area contributed by atoms with E-state index in [-0.39, 0.29) is 23.6 Å². The number of carbonyl (C=O) groups excluding carboxylic acids is 1. The van der Waals surface area contributed by atoms with Crippen LogP contribution in [0.25, 0.3) is 17.4 Å². The number of nitro benzene ring substituents is 1. The molecule has 0 spiro atoms. The van der Waals surface area contributed by atoms with Gasteiger partial charge in [-0.25, -0.2) is 0 Å². The Hall–Kier alpha value is -4.05. The maximum absolute atomic E-state index is 12.9. The quantitative estimate of drug-likeness (QED) is 0.360. The van der Waals surface area contributed by atoms with Gasteiger partial charge in [-0.1, -0.05) is 0 Å². The number of fused-ring (bicyclic) bond motifs is 1. The Labute approximate surface area is 179 Å². The SMILES string of the molecule is N=C1S/C(=C/c2ccc(-c3ccc([N+](=O)[O-])cc3)o2)C(=O)N1c1ccc2c(c1)OCO2. The highest BCUT2D eigenvalue weighted by Gasteiger charge is 2.34. The first-order chi connectivity index (χ1) is 15.0. The fourth-order valence-electron chi connectivity index (χ4n) is 3.21. The predicted molar refractivity (Wildman–Crippen MR) is 114 cm³/mol. The zero-order valence-electron chi connectivity index (χ0n) is 15.7. The normalized spacial score (nSPS) is 16.4. The molecule has 1 amide bonds. The number of non-ortho nitro benzene ring substituents is 1. The van der Waals surface area contributed by atoms with Crippen molar-refractivity contribution >= 4 is 40.3 Å². The van der Waals surface area contributed by atoms with E-state index in [4.69, 9.17) is 19.3 Å². The Morgan fingerprint density at radius 2 is 1.84 bits per heavy atom. The van der Waals surface area contributed by atoms with Gasteiger partial charge in [-0.15, -0.1) is 0 Å². The molecule has 0 saturated carbocycles. The topological polar surface area (TPSA) is 119 Å². The Morgan fingerprint density at radius 3 is 2.61 bits per heavy atom. The molecule has 1 fully saturated rings. The summed E-state index contributed by atoms with van der Waals surface area (Å²) in [5.41, 5.74) is 1.18. The number of ether oxygens (including phenoxy) is 2. The molecular weight excluding hydrogens is 422 g/mol. The maximum Gasteiger partial charge on any atom is 0.271 e. The summed E-state index contributed by atoms with van der Waals surface area (Å²) < 4.78 is 16.4.